The van der Waals surface area contributed by atoms with E-state index >= 15 is 0 Å². The largest absolute Gasteiger partial charge is 0.361 e. The third kappa shape index (κ3) is 3.76. The van der Waals surface area contributed by atoms with E-state index in [1.54, 1.807) is 11.3 Å². The number of nitrogens with one attached hydrogen (secondary N) is 1. The van der Waals surface area contributed by atoms with Crippen LogP contribution >= 0.6 is 23.1 Å². The molecule has 5 rings (SSSR count). The molecular formula is C22H24N4S2. The van der Waals surface area contributed by atoms with Gasteiger partial charge in [-0.05, 0) is 61.6 Å². The van der Waals surface area contributed by atoms with Gasteiger partial charge in [-0.1, -0.05) is 41.3 Å². The summed E-state index contributed by atoms with van der Waals surface area (Å²) in [6, 6.07) is 15.8. The van der Waals surface area contributed by atoms with Crippen molar-refractivity contribution in [3.63, 3.8) is 0 Å². The van der Waals surface area contributed by atoms with Crippen molar-refractivity contribution in [1.29, 1.82) is 0 Å². The van der Waals surface area contributed by atoms with E-state index in [1.807, 2.05) is 11.8 Å². The lowest BCUT2D eigenvalue weighted by molar-refractivity contribution is 0.440. The molecule has 2 fully saturated rings. The van der Waals surface area contributed by atoms with Gasteiger partial charge in [0.05, 0.1) is 15.9 Å². The van der Waals surface area contributed by atoms with Crippen molar-refractivity contribution in [1.82, 2.24) is 9.88 Å². The Morgan fingerprint density at radius 1 is 1.21 bits per heavy atom. The molecule has 0 bridgehead atoms. The summed E-state index contributed by atoms with van der Waals surface area (Å²) in [5.74, 6) is 1.20. The lowest BCUT2D eigenvalue weighted by atomic mass is 10.1. The molecule has 1 aromatic heterocycles. The predicted octanol–water partition coefficient (Wildman–Crippen LogP) is 5.46. The lowest BCUT2D eigenvalue weighted by Crippen LogP contribution is -2.27. The Kier molecular flexibility index (Phi) is 4.99. The van der Waals surface area contributed by atoms with Crippen LogP contribution in [0.1, 0.15) is 24.0 Å². The molecular weight excluding hydrogens is 384 g/mol. The summed E-state index contributed by atoms with van der Waals surface area (Å²) in [6.07, 6.45) is 3.62. The first-order valence-electron chi connectivity index (χ1n) is 9.93. The molecule has 144 valence electrons. The Hall–Kier alpha value is -2.05. The fourth-order valence-electron chi connectivity index (χ4n) is 3.88. The Bertz CT molecular complexity index is 1010. The Morgan fingerprint density at radius 3 is 3.00 bits per heavy atom. The molecule has 2 aromatic carbocycles. The summed E-state index contributed by atoms with van der Waals surface area (Å²) in [7, 11) is 0. The van der Waals surface area contributed by atoms with E-state index < -0.39 is 0 Å². The van der Waals surface area contributed by atoms with Gasteiger partial charge in [-0.3, -0.25) is 0 Å². The Balaban J connectivity index is 1.18. The Labute approximate surface area is 174 Å². The molecule has 2 aliphatic heterocycles. The average molecular weight is 409 g/mol. The van der Waals surface area contributed by atoms with Crippen LogP contribution in [0.5, 0.6) is 0 Å². The number of aliphatic imine (C=N–C) groups is 1. The molecule has 4 nitrogen and oxygen atoms in total. The van der Waals surface area contributed by atoms with Gasteiger partial charge in [0.25, 0.3) is 0 Å². The summed E-state index contributed by atoms with van der Waals surface area (Å²) in [4.78, 5) is 12.0. The minimum Gasteiger partial charge on any atom is -0.361 e. The number of aromatic nitrogens is 1. The van der Waals surface area contributed by atoms with Gasteiger partial charge in [-0.15, -0.1) is 0 Å². The van der Waals surface area contributed by atoms with Crippen molar-refractivity contribution < 1.29 is 0 Å². The van der Waals surface area contributed by atoms with Gasteiger partial charge in [-0.2, -0.15) is 0 Å². The van der Waals surface area contributed by atoms with Crippen molar-refractivity contribution >= 4 is 49.3 Å². The smallest absolute Gasteiger partial charge is 0.183 e. The zero-order valence-electron chi connectivity index (χ0n) is 16.0. The molecule has 28 heavy (non-hydrogen) atoms. The molecule has 1 atom stereocenters. The maximum Gasteiger partial charge on any atom is 0.183 e. The quantitative estimate of drug-likeness (QED) is 0.609. The second-order valence-electron chi connectivity index (χ2n) is 7.53. The fourth-order valence-corrected chi connectivity index (χ4v) is 6.13. The van der Waals surface area contributed by atoms with E-state index in [1.165, 1.54) is 46.1 Å². The zero-order chi connectivity index (χ0) is 18.9. The summed E-state index contributed by atoms with van der Waals surface area (Å²) in [5, 5.41) is 5.68. The fraction of sp³-hybridized carbons (Fsp3) is 0.364. The van der Waals surface area contributed by atoms with Gasteiger partial charge in [0, 0.05) is 24.9 Å². The molecule has 2 aliphatic rings. The highest BCUT2D eigenvalue weighted by atomic mass is 32.2. The number of thiazole rings is 1. The van der Waals surface area contributed by atoms with Crippen LogP contribution in [-0.4, -0.2) is 39.9 Å². The highest BCUT2D eigenvalue weighted by Gasteiger charge is 2.33. The number of benzene rings is 2. The van der Waals surface area contributed by atoms with E-state index in [9.17, 15) is 0 Å². The highest BCUT2D eigenvalue weighted by molar-refractivity contribution is 8.14. The van der Waals surface area contributed by atoms with Crippen LogP contribution in [0.4, 0.5) is 10.8 Å². The van der Waals surface area contributed by atoms with E-state index in [-0.39, 0.29) is 0 Å². The molecule has 1 N–H and O–H groups in total. The van der Waals surface area contributed by atoms with Gasteiger partial charge in [0.2, 0.25) is 0 Å². The molecule has 0 aliphatic carbocycles. The maximum atomic E-state index is 4.88. The predicted molar refractivity (Wildman–Crippen MR) is 122 cm³/mol. The highest BCUT2D eigenvalue weighted by Crippen LogP contribution is 2.33. The van der Waals surface area contributed by atoms with Crippen molar-refractivity contribution in [2.75, 3.05) is 24.2 Å². The summed E-state index contributed by atoms with van der Waals surface area (Å²) < 4.78 is 1.25. The topological polar surface area (TPSA) is 40.5 Å². The van der Waals surface area contributed by atoms with Crippen LogP contribution in [0.2, 0.25) is 0 Å². The van der Waals surface area contributed by atoms with E-state index in [4.69, 9.17) is 4.99 Å². The average Bonchev–Trinajstić information content (AvgIpc) is 3.40. The second kappa shape index (κ2) is 7.76. The van der Waals surface area contributed by atoms with Crippen LogP contribution in [0, 0.1) is 6.92 Å². The molecule has 3 aromatic rings. The summed E-state index contributed by atoms with van der Waals surface area (Å²) in [6.45, 7) is 4.18. The lowest BCUT2D eigenvalue weighted by Gasteiger charge is -2.16. The SMILES string of the molecule is Cc1ccc2nc(NCCc3ccc(/N=C4\SC[C@@H]5CCCN45)cc3)sc2c1. The van der Waals surface area contributed by atoms with Crippen molar-refractivity contribution in [2.24, 2.45) is 4.99 Å². The van der Waals surface area contributed by atoms with Gasteiger partial charge >= 0.3 is 0 Å². The first kappa shape index (κ1) is 18.0. The van der Waals surface area contributed by atoms with Gasteiger partial charge in [0.1, 0.15) is 0 Å². The Morgan fingerprint density at radius 2 is 2.11 bits per heavy atom. The standard InChI is InChI=1S/C22H24N4S2/c1-15-4-9-19-20(13-15)28-21(25-19)23-11-10-16-5-7-17(8-6-16)24-22-26-12-2-3-18(26)14-27-22/h4-9,13,18H,2-3,10-12,14H2,1H3,(H,23,25)/b24-22-/t18-/m0/s1. The number of hydrogen-bond acceptors (Lipinski definition) is 5. The molecule has 0 spiro atoms. The number of hydrogen-bond donors (Lipinski definition) is 1. The molecule has 2 saturated heterocycles. The normalized spacial score (nSPS) is 20.2. The number of thioether (sulfide) groups is 1. The zero-order valence-corrected chi connectivity index (χ0v) is 17.7. The van der Waals surface area contributed by atoms with Gasteiger partial charge in [-0.25, -0.2) is 9.98 Å². The van der Waals surface area contributed by atoms with Gasteiger partial charge < -0.3 is 10.2 Å². The number of rotatable bonds is 5. The number of aryl methyl sites for hydroxylation is 1. The minimum atomic E-state index is 0.723. The molecule has 0 amide bonds. The summed E-state index contributed by atoms with van der Waals surface area (Å²) >= 11 is 3.63. The monoisotopic (exact) mass is 408 g/mol. The minimum absolute atomic E-state index is 0.723. The molecule has 0 radical (unpaired) electrons. The first-order chi connectivity index (χ1) is 13.7. The number of amidine groups is 1. The van der Waals surface area contributed by atoms with Crippen molar-refractivity contribution in [3.05, 3.63) is 53.6 Å². The number of anilines is 1. The molecule has 0 saturated carbocycles. The van der Waals surface area contributed by atoms with Crippen LogP contribution < -0.4 is 5.32 Å². The number of nitrogens with zero attached hydrogens (tertiary/aromatic N) is 3. The van der Waals surface area contributed by atoms with E-state index in [2.05, 4.69) is 64.6 Å². The molecule has 0 unspecified atom stereocenters. The van der Waals surface area contributed by atoms with E-state index in [0.29, 0.717) is 0 Å². The second-order valence-corrected chi connectivity index (χ2v) is 9.55. The van der Waals surface area contributed by atoms with E-state index in [0.717, 1.165) is 35.3 Å². The third-order valence-electron chi connectivity index (χ3n) is 5.42. The number of fused-ring (bicyclic) bond motifs is 2. The van der Waals surface area contributed by atoms with Crippen LogP contribution in [-0.2, 0) is 6.42 Å². The first-order valence-corrected chi connectivity index (χ1v) is 11.7. The van der Waals surface area contributed by atoms with Crippen LogP contribution in [0.3, 0.4) is 0 Å². The van der Waals surface area contributed by atoms with Crippen molar-refractivity contribution in [2.45, 2.75) is 32.2 Å². The van der Waals surface area contributed by atoms with Crippen molar-refractivity contribution in [3.8, 4) is 0 Å². The molecule has 6 heteroatoms. The van der Waals surface area contributed by atoms with Crippen LogP contribution in [0.15, 0.2) is 47.5 Å². The van der Waals surface area contributed by atoms with Gasteiger partial charge in [0.15, 0.2) is 10.3 Å². The van der Waals surface area contributed by atoms with Crippen LogP contribution in [0.25, 0.3) is 10.2 Å². The summed E-state index contributed by atoms with van der Waals surface area (Å²) in [5.41, 5.74) is 4.74. The third-order valence-corrected chi connectivity index (χ3v) is 7.53. The molecule has 3 heterocycles. The maximum absolute atomic E-state index is 4.88.